The number of hydrogen-bond acceptors (Lipinski definition) is 4. The third-order valence-electron chi connectivity index (χ3n) is 6.02. The van der Waals surface area contributed by atoms with Crippen molar-refractivity contribution in [3.05, 3.63) is 92.4 Å². The zero-order valence-corrected chi connectivity index (χ0v) is 26.8. The highest BCUT2D eigenvalue weighted by Gasteiger charge is 2.35. The van der Waals surface area contributed by atoms with Crippen LogP contribution in [0.5, 0.6) is 0 Å². The SMILES string of the molecule is CC[C@@H](C(=O)NC(C)(C)C)N(Cc1c(Cl)cccc1Cl)C(=O)CN(c1cc(Cl)cc(Cl)c1)S(=O)(=O)c1ccccc1. The predicted octanol–water partition coefficient (Wildman–Crippen LogP) is 7.22. The first kappa shape index (κ1) is 33.0. The van der Waals surface area contributed by atoms with E-state index in [-0.39, 0.29) is 33.6 Å². The Bertz CT molecular complexity index is 1470. The van der Waals surface area contributed by atoms with Gasteiger partial charge in [0, 0.05) is 37.7 Å². The molecule has 0 saturated heterocycles. The number of sulfonamides is 1. The largest absolute Gasteiger partial charge is 0.350 e. The van der Waals surface area contributed by atoms with Crippen molar-refractivity contribution in [3.8, 4) is 0 Å². The molecule has 0 unspecified atom stereocenters. The van der Waals surface area contributed by atoms with E-state index in [0.29, 0.717) is 15.6 Å². The molecular weight excluding hydrogens is 628 g/mol. The van der Waals surface area contributed by atoms with Crippen LogP contribution in [-0.4, -0.2) is 43.3 Å². The van der Waals surface area contributed by atoms with E-state index in [1.807, 2.05) is 20.8 Å². The number of carbonyl (C=O) groups excluding carboxylic acids is 2. The fraction of sp³-hybridized carbons (Fsp3) is 0.310. The lowest BCUT2D eigenvalue weighted by atomic mass is 10.1. The molecule has 0 saturated carbocycles. The molecule has 2 amide bonds. The Hall–Kier alpha value is -2.49. The molecule has 1 N–H and O–H groups in total. The molecule has 3 rings (SSSR count). The van der Waals surface area contributed by atoms with Crippen LogP contribution >= 0.6 is 46.4 Å². The lowest BCUT2D eigenvalue weighted by Crippen LogP contribution is -2.55. The summed E-state index contributed by atoms with van der Waals surface area (Å²) >= 11 is 25.3. The van der Waals surface area contributed by atoms with Crippen molar-refractivity contribution >= 4 is 73.9 Å². The quantitative estimate of drug-likeness (QED) is 0.249. The van der Waals surface area contributed by atoms with E-state index in [9.17, 15) is 18.0 Å². The third kappa shape index (κ3) is 8.52. The normalized spacial score (nSPS) is 12.5. The van der Waals surface area contributed by atoms with Crippen molar-refractivity contribution < 1.29 is 18.0 Å². The highest BCUT2D eigenvalue weighted by Crippen LogP contribution is 2.31. The average molecular weight is 659 g/mol. The fourth-order valence-corrected chi connectivity index (χ4v) is 6.61. The first-order valence-electron chi connectivity index (χ1n) is 12.7. The van der Waals surface area contributed by atoms with Gasteiger partial charge in [0.25, 0.3) is 10.0 Å². The van der Waals surface area contributed by atoms with E-state index in [1.165, 1.54) is 35.2 Å². The standard InChI is InChI=1S/C29H31Cl4N3O4S/c1-5-26(28(38)34-29(2,3)4)35(17-23-24(32)12-9-13-25(23)33)27(37)18-36(21-15-19(30)14-20(31)16-21)41(39,40)22-10-7-6-8-11-22/h6-16,26H,5,17-18H2,1-4H3,(H,34,38)/t26-/m0/s1. The van der Waals surface area contributed by atoms with E-state index in [0.717, 1.165) is 4.31 Å². The van der Waals surface area contributed by atoms with Crippen LogP contribution in [0.25, 0.3) is 0 Å². The van der Waals surface area contributed by atoms with Gasteiger partial charge in [-0.15, -0.1) is 0 Å². The van der Waals surface area contributed by atoms with Crippen LogP contribution in [-0.2, 0) is 26.2 Å². The summed E-state index contributed by atoms with van der Waals surface area (Å²) < 4.78 is 28.7. The monoisotopic (exact) mass is 657 g/mol. The summed E-state index contributed by atoms with van der Waals surface area (Å²) in [6.07, 6.45) is 0.240. The van der Waals surface area contributed by atoms with Crippen molar-refractivity contribution in [2.45, 2.75) is 57.1 Å². The van der Waals surface area contributed by atoms with Crippen LogP contribution in [0.3, 0.4) is 0 Å². The Morgan fingerprint density at radius 1 is 0.878 bits per heavy atom. The summed E-state index contributed by atoms with van der Waals surface area (Å²) in [5.41, 5.74) is -0.0707. The molecular formula is C29H31Cl4N3O4S. The van der Waals surface area contributed by atoms with Crippen LogP contribution in [0, 0.1) is 0 Å². The van der Waals surface area contributed by atoms with Crippen molar-refractivity contribution in [2.75, 3.05) is 10.8 Å². The van der Waals surface area contributed by atoms with Crippen molar-refractivity contribution in [1.29, 1.82) is 0 Å². The number of halogens is 4. The summed E-state index contributed by atoms with van der Waals surface area (Å²) in [4.78, 5) is 28.8. The zero-order valence-electron chi connectivity index (χ0n) is 23.0. The third-order valence-corrected chi connectivity index (χ3v) is 8.95. The van der Waals surface area contributed by atoms with Crippen molar-refractivity contribution in [2.24, 2.45) is 0 Å². The van der Waals surface area contributed by atoms with Gasteiger partial charge in [0.1, 0.15) is 12.6 Å². The molecule has 0 heterocycles. The summed E-state index contributed by atoms with van der Waals surface area (Å²) in [5.74, 6) is -1.06. The lowest BCUT2D eigenvalue weighted by molar-refractivity contribution is -0.141. The van der Waals surface area contributed by atoms with E-state index in [4.69, 9.17) is 46.4 Å². The average Bonchev–Trinajstić information content (AvgIpc) is 2.87. The van der Waals surface area contributed by atoms with Gasteiger partial charge in [0.05, 0.1) is 10.6 Å². The Morgan fingerprint density at radius 3 is 1.95 bits per heavy atom. The highest BCUT2D eigenvalue weighted by molar-refractivity contribution is 7.92. The molecule has 0 aliphatic carbocycles. The van der Waals surface area contributed by atoms with Gasteiger partial charge in [-0.05, 0) is 69.7 Å². The van der Waals surface area contributed by atoms with Gasteiger partial charge < -0.3 is 10.2 Å². The second-order valence-corrected chi connectivity index (χ2v) is 13.9. The molecule has 0 aliphatic rings. The van der Waals surface area contributed by atoms with E-state index in [1.54, 1.807) is 43.3 Å². The van der Waals surface area contributed by atoms with Crippen LogP contribution < -0.4 is 9.62 Å². The lowest BCUT2D eigenvalue weighted by Gasteiger charge is -2.35. The van der Waals surface area contributed by atoms with Gasteiger partial charge in [-0.25, -0.2) is 8.42 Å². The fourth-order valence-electron chi connectivity index (χ4n) is 4.16. The second kappa shape index (κ2) is 13.7. The Balaban J connectivity index is 2.14. The summed E-state index contributed by atoms with van der Waals surface area (Å²) in [6.45, 7) is 6.44. The number of nitrogens with zero attached hydrogens (tertiary/aromatic N) is 2. The zero-order chi connectivity index (χ0) is 30.5. The number of anilines is 1. The maximum absolute atomic E-state index is 14.2. The van der Waals surface area contributed by atoms with Gasteiger partial charge in [-0.1, -0.05) is 77.6 Å². The molecule has 0 aliphatic heterocycles. The molecule has 7 nitrogen and oxygen atoms in total. The highest BCUT2D eigenvalue weighted by atomic mass is 35.5. The number of hydrogen-bond donors (Lipinski definition) is 1. The molecule has 0 radical (unpaired) electrons. The van der Waals surface area contributed by atoms with Crippen LogP contribution in [0.1, 0.15) is 39.7 Å². The van der Waals surface area contributed by atoms with Crippen molar-refractivity contribution in [1.82, 2.24) is 10.2 Å². The maximum Gasteiger partial charge on any atom is 0.264 e. The number of carbonyl (C=O) groups is 2. The summed E-state index contributed by atoms with van der Waals surface area (Å²) in [7, 11) is -4.27. The topological polar surface area (TPSA) is 86.8 Å². The smallest absolute Gasteiger partial charge is 0.264 e. The molecule has 3 aromatic carbocycles. The Morgan fingerprint density at radius 2 is 1.44 bits per heavy atom. The molecule has 0 bridgehead atoms. The van der Waals surface area contributed by atoms with Crippen LogP contribution in [0.15, 0.2) is 71.6 Å². The minimum absolute atomic E-state index is 0.0397. The van der Waals surface area contributed by atoms with Crippen LogP contribution in [0.2, 0.25) is 20.1 Å². The number of rotatable bonds is 10. The van der Waals surface area contributed by atoms with Gasteiger partial charge in [-0.3, -0.25) is 13.9 Å². The van der Waals surface area contributed by atoms with Crippen molar-refractivity contribution in [3.63, 3.8) is 0 Å². The van der Waals surface area contributed by atoms with Gasteiger partial charge >= 0.3 is 0 Å². The van der Waals surface area contributed by atoms with E-state index < -0.39 is 40.0 Å². The second-order valence-electron chi connectivity index (χ2n) is 10.3. The molecule has 3 aromatic rings. The Kier molecular flexibility index (Phi) is 11.0. The predicted molar refractivity (Wildman–Crippen MR) is 166 cm³/mol. The van der Waals surface area contributed by atoms with Gasteiger partial charge in [0.2, 0.25) is 11.8 Å². The minimum Gasteiger partial charge on any atom is -0.350 e. The molecule has 41 heavy (non-hydrogen) atoms. The number of benzene rings is 3. The molecule has 0 spiro atoms. The summed E-state index contributed by atoms with van der Waals surface area (Å²) in [6, 6.07) is 15.9. The van der Waals surface area contributed by atoms with Crippen LogP contribution in [0.4, 0.5) is 5.69 Å². The molecule has 0 aromatic heterocycles. The molecule has 0 fully saturated rings. The summed E-state index contributed by atoms with van der Waals surface area (Å²) in [5, 5.41) is 3.88. The number of nitrogens with one attached hydrogen (secondary N) is 1. The minimum atomic E-state index is -4.27. The molecule has 1 atom stereocenters. The van der Waals surface area contributed by atoms with E-state index >= 15 is 0 Å². The molecule has 12 heteroatoms. The first-order valence-corrected chi connectivity index (χ1v) is 15.7. The number of amides is 2. The maximum atomic E-state index is 14.2. The van der Waals surface area contributed by atoms with E-state index in [2.05, 4.69) is 5.32 Å². The van der Waals surface area contributed by atoms with Gasteiger partial charge in [-0.2, -0.15) is 0 Å². The van der Waals surface area contributed by atoms with Gasteiger partial charge in [0.15, 0.2) is 0 Å². The molecule has 220 valence electrons. The Labute approximate surface area is 261 Å². The first-order chi connectivity index (χ1) is 19.1.